The van der Waals surface area contributed by atoms with Crippen LogP contribution in [0.2, 0.25) is 0 Å². The Morgan fingerprint density at radius 1 is 1.44 bits per heavy atom. The van der Waals surface area contributed by atoms with Crippen molar-refractivity contribution in [2.45, 2.75) is 13.8 Å². The highest BCUT2D eigenvalue weighted by atomic mass is 19.1. The van der Waals surface area contributed by atoms with E-state index >= 15 is 0 Å². The number of nitrogens with one attached hydrogen (secondary N) is 1. The van der Waals surface area contributed by atoms with Crippen LogP contribution in [0.15, 0.2) is 22.7 Å². The third kappa shape index (κ3) is 2.03. The van der Waals surface area contributed by atoms with Gasteiger partial charge in [0.2, 0.25) is 5.82 Å². The summed E-state index contributed by atoms with van der Waals surface area (Å²) in [5, 5.41) is 6.65. The maximum Gasteiger partial charge on any atom is 0.321 e. The molecule has 16 heavy (non-hydrogen) atoms. The Balaban J connectivity index is 2.31. The molecule has 5 heteroatoms. The van der Waals surface area contributed by atoms with E-state index in [-0.39, 0.29) is 5.82 Å². The minimum Gasteiger partial charge on any atom is -0.338 e. The molecular formula is C11H12FN3O. The molecule has 0 aliphatic rings. The van der Waals surface area contributed by atoms with Crippen molar-refractivity contribution in [3.8, 4) is 11.4 Å². The van der Waals surface area contributed by atoms with Crippen molar-refractivity contribution >= 4 is 6.01 Å². The fourth-order valence-electron chi connectivity index (χ4n) is 1.30. The van der Waals surface area contributed by atoms with Crippen molar-refractivity contribution in [1.82, 2.24) is 10.1 Å². The van der Waals surface area contributed by atoms with Crippen LogP contribution in [0, 0.1) is 12.7 Å². The molecule has 2 aromatic rings. The molecule has 0 atom stereocenters. The summed E-state index contributed by atoms with van der Waals surface area (Å²) in [6, 6.07) is 5.20. The van der Waals surface area contributed by atoms with Crippen LogP contribution < -0.4 is 5.32 Å². The Hall–Kier alpha value is -1.91. The smallest absolute Gasteiger partial charge is 0.321 e. The summed E-state index contributed by atoms with van der Waals surface area (Å²) >= 11 is 0. The average molecular weight is 221 g/mol. The van der Waals surface area contributed by atoms with Crippen LogP contribution >= 0.6 is 0 Å². The lowest BCUT2D eigenvalue weighted by atomic mass is 10.1. The molecule has 0 radical (unpaired) electrons. The van der Waals surface area contributed by atoms with E-state index in [0.717, 1.165) is 0 Å². The van der Waals surface area contributed by atoms with Gasteiger partial charge in [-0.3, -0.25) is 0 Å². The molecule has 0 fully saturated rings. The lowest BCUT2D eigenvalue weighted by Gasteiger charge is -1.97. The van der Waals surface area contributed by atoms with E-state index in [0.29, 0.717) is 29.5 Å². The van der Waals surface area contributed by atoms with Gasteiger partial charge < -0.3 is 9.84 Å². The summed E-state index contributed by atoms with van der Waals surface area (Å²) in [7, 11) is 0. The normalized spacial score (nSPS) is 10.4. The number of aromatic nitrogens is 2. The number of hydrogen-bond donors (Lipinski definition) is 1. The molecule has 84 valence electrons. The Morgan fingerprint density at radius 3 is 2.94 bits per heavy atom. The third-order valence-electron chi connectivity index (χ3n) is 2.18. The lowest BCUT2D eigenvalue weighted by Crippen LogP contribution is -1.95. The lowest BCUT2D eigenvalue weighted by molar-refractivity contribution is 0.432. The first kappa shape index (κ1) is 10.6. The molecule has 0 saturated carbocycles. The largest absolute Gasteiger partial charge is 0.338 e. The van der Waals surface area contributed by atoms with E-state index in [1.54, 1.807) is 19.1 Å². The van der Waals surface area contributed by atoms with E-state index in [1.807, 2.05) is 6.92 Å². The Bertz CT molecular complexity index is 496. The molecule has 4 nitrogen and oxygen atoms in total. The van der Waals surface area contributed by atoms with Crippen molar-refractivity contribution in [1.29, 1.82) is 0 Å². The number of halogens is 1. The highest BCUT2D eigenvalue weighted by Crippen LogP contribution is 2.20. The maximum absolute atomic E-state index is 13.3. The van der Waals surface area contributed by atoms with Crippen LogP contribution in [0.25, 0.3) is 11.4 Å². The second-order valence-electron chi connectivity index (χ2n) is 3.42. The molecule has 1 heterocycles. The van der Waals surface area contributed by atoms with Crippen LogP contribution in [0.4, 0.5) is 10.4 Å². The summed E-state index contributed by atoms with van der Waals surface area (Å²) in [5.74, 6) is 0.113. The van der Waals surface area contributed by atoms with Crippen LogP contribution in [0.3, 0.4) is 0 Å². The molecular weight excluding hydrogens is 209 g/mol. The molecule has 1 N–H and O–H groups in total. The van der Waals surface area contributed by atoms with Crippen LogP contribution in [-0.4, -0.2) is 16.7 Å². The molecule has 0 amide bonds. The van der Waals surface area contributed by atoms with Gasteiger partial charge in [0.1, 0.15) is 5.82 Å². The predicted molar refractivity (Wildman–Crippen MR) is 58.6 cm³/mol. The first-order valence-electron chi connectivity index (χ1n) is 5.05. The minimum atomic E-state index is -0.271. The average Bonchev–Trinajstić information content (AvgIpc) is 2.71. The zero-order chi connectivity index (χ0) is 11.5. The molecule has 0 bridgehead atoms. The SMILES string of the molecule is CCNc1nc(-c2ccc(C)c(F)c2)no1. The first-order chi connectivity index (χ1) is 7.70. The monoisotopic (exact) mass is 221 g/mol. The van der Waals surface area contributed by atoms with E-state index in [4.69, 9.17) is 4.52 Å². The second-order valence-corrected chi connectivity index (χ2v) is 3.42. The number of aryl methyl sites for hydroxylation is 1. The van der Waals surface area contributed by atoms with Crippen molar-refractivity contribution in [3.63, 3.8) is 0 Å². The first-order valence-corrected chi connectivity index (χ1v) is 5.05. The molecule has 0 saturated heterocycles. The van der Waals surface area contributed by atoms with Crippen LogP contribution in [0.5, 0.6) is 0 Å². The second kappa shape index (κ2) is 4.30. The number of hydrogen-bond acceptors (Lipinski definition) is 4. The Morgan fingerprint density at radius 2 is 2.25 bits per heavy atom. The fraction of sp³-hybridized carbons (Fsp3) is 0.273. The summed E-state index contributed by atoms with van der Waals surface area (Å²) in [6.45, 7) is 4.33. The summed E-state index contributed by atoms with van der Waals surface area (Å²) in [5.41, 5.74) is 1.20. The number of benzene rings is 1. The van der Waals surface area contributed by atoms with Crippen molar-refractivity contribution in [2.24, 2.45) is 0 Å². The highest BCUT2D eigenvalue weighted by Gasteiger charge is 2.09. The molecule has 0 spiro atoms. The zero-order valence-corrected chi connectivity index (χ0v) is 9.12. The van der Waals surface area contributed by atoms with Gasteiger partial charge >= 0.3 is 6.01 Å². The Labute approximate surface area is 92.5 Å². The van der Waals surface area contributed by atoms with E-state index < -0.39 is 0 Å². The van der Waals surface area contributed by atoms with Gasteiger partial charge in [0.05, 0.1) is 0 Å². The third-order valence-corrected chi connectivity index (χ3v) is 2.18. The quantitative estimate of drug-likeness (QED) is 0.865. The molecule has 0 aliphatic heterocycles. The van der Waals surface area contributed by atoms with Gasteiger partial charge in [-0.1, -0.05) is 17.3 Å². The number of rotatable bonds is 3. The maximum atomic E-state index is 13.3. The van der Waals surface area contributed by atoms with Gasteiger partial charge in [0.25, 0.3) is 0 Å². The van der Waals surface area contributed by atoms with Gasteiger partial charge in [-0.15, -0.1) is 0 Å². The zero-order valence-electron chi connectivity index (χ0n) is 9.12. The molecule has 1 aromatic heterocycles. The summed E-state index contributed by atoms with van der Waals surface area (Å²) in [4.78, 5) is 4.09. The van der Waals surface area contributed by atoms with Gasteiger partial charge in [0.15, 0.2) is 0 Å². The number of anilines is 1. The predicted octanol–water partition coefficient (Wildman–Crippen LogP) is 2.62. The highest BCUT2D eigenvalue weighted by molar-refractivity contribution is 5.56. The van der Waals surface area contributed by atoms with Crippen LogP contribution in [0.1, 0.15) is 12.5 Å². The van der Waals surface area contributed by atoms with Crippen molar-refractivity contribution in [2.75, 3.05) is 11.9 Å². The number of nitrogens with zero attached hydrogens (tertiary/aromatic N) is 2. The van der Waals surface area contributed by atoms with E-state index in [1.165, 1.54) is 6.07 Å². The summed E-state index contributed by atoms with van der Waals surface area (Å²) in [6.07, 6.45) is 0. The topological polar surface area (TPSA) is 51.0 Å². The van der Waals surface area contributed by atoms with E-state index in [2.05, 4.69) is 15.5 Å². The summed E-state index contributed by atoms with van der Waals surface area (Å²) < 4.78 is 18.3. The minimum absolute atomic E-state index is 0.271. The molecule has 1 aromatic carbocycles. The van der Waals surface area contributed by atoms with E-state index in [9.17, 15) is 4.39 Å². The van der Waals surface area contributed by atoms with Crippen molar-refractivity contribution < 1.29 is 8.91 Å². The Kier molecular flexibility index (Phi) is 2.85. The van der Waals surface area contributed by atoms with Crippen LogP contribution in [-0.2, 0) is 0 Å². The molecule has 2 rings (SSSR count). The van der Waals surface area contributed by atoms with Gasteiger partial charge in [-0.25, -0.2) is 4.39 Å². The standard InChI is InChI=1S/C11H12FN3O/c1-3-13-11-14-10(15-16-11)8-5-4-7(2)9(12)6-8/h4-6H,3H2,1-2H3,(H,13,14,15). The van der Waals surface area contributed by atoms with Gasteiger partial charge in [-0.05, 0) is 25.5 Å². The molecule has 0 unspecified atom stereocenters. The van der Waals surface area contributed by atoms with Gasteiger partial charge in [-0.2, -0.15) is 4.98 Å². The van der Waals surface area contributed by atoms with Gasteiger partial charge in [0, 0.05) is 12.1 Å². The van der Waals surface area contributed by atoms with Crippen molar-refractivity contribution in [3.05, 3.63) is 29.6 Å². The molecule has 0 aliphatic carbocycles. The fourth-order valence-corrected chi connectivity index (χ4v) is 1.30.